The molecular formula is C15H21NO3. The number of nitrogens with zero attached hydrogens (tertiary/aromatic N) is 1. The van der Waals surface area contributed by atoms with Crippen molar-refractivity contribution in [2.24, 2.45) is 0 Å². The number of ether oxygens (including phenoxy) is 1. The van der Waals surface area contributed by atoms with Crippen LogP contribution in [0.25, 0.3) is 0 Å². The zero-order valence-corrected chi connectivity index (χ0v) is 11.4. The first-order valence-electron chi connectivity index (χ1n) is 6.79. The van der Waals surface area contributed by atoms with Crippen molar-refractivity contribution in [3.8, 4) is 5.75 Å². The summed E-state index contributed by atoms with van der Waals surface area (Å²) in [5, 5.41) is 8.74. The summed E-state index contributed by atoms with van der Waals surface area (Å²) in [6.07, 6.45) is 3.28. The highest BCUT2D eigenvalue weighted by molar-refractivity contribution is 5.67. The zero-order chi connectivity index (χ0) is 13.7. The van der Waals surface area contributed by atoms with Crippen LogP contribution in [0.4, 0.5) is 0 Å². The molecule has 4 heteroatoms. The number of carboxylic acids is 1. The van der Waals surface area contributed by atoms with Gasteiger partial charge in [0.25, 0.3) is 0 Å². The number of carboxylic acid groups (broad SMARTS) is 1. The van der Waals surface area contributed by atoms with Crippen LogP contribution in [0.5, 0.6) is 5.75 Å². The van der Waals surface area contributed by atoms with E-state index < -0.39 is 5.97 Å². The lowest BCUT2D eigenvalue weighted by Gasteiger charge is -2.17. The topological polar surface area (TPSA) is 49.8 Å². The van der Waals surface area contributed by atoms with Crippen molar-refractivity contribution < 1.29 is 14.6 Å². The summed E-state index contributed by atoms with van der Waals surface area (Å²) in [6.45, 7) is 3.18. The molecule has 0 saturated carbocycles. The van der Waals surface area contributed by atoms with Gasteiger partial charge in [0.2, 0.25) is 0 Å². The number of carbonyl (C=O) groups is 1. The minimum Gasteiger partial charge on any atom is -0.496 e. The average molecular weight is 263 g/mol. The molecule has 1 saturated heterocycles. The Morgan fingerprint density at radius 1 is 1.37 bits per heavy atom. The minimum atomic E-state index is -0.753. The highest BCUT2D eigenvalue weighted by Gasteiger charge is 2.14. The molecule has 2 rings (SSSR count). The smallest absolute Gasteiger partial charge is 0.303 e. The van der Waals surface area contributed by atoms with E-state index in [0.29, 0.717) is 6.42 Å². The molecule has 1 aromatic carbocycles. The van der Waals surface area contributed by atoms with E-state index in [4.69, 9.17) is 9.84 Å². The molecular weight excluding hydrogens is 242 g/mol. The van der Waals surface area contributed by atoms with E-state index in [2.05, 4.69) is 11.0 Å². The van der Waals surface area contributed by atoms with Gasteiger partial charge in [0.15, 0.2) is 0 Å². The van der Waals surface area contributed by atoms with Gasteiger partial charge >= 0.3 is 5.97 Å². The van der Waals surface area contributed by atoms with Gasteiger partial charge in [0.1, 0.15) is 5.75 Å². The van der Waals surface area contributed by atoms with E-state index in [9.17, 15) is 4.79 Å². The van der Waals surface area contributed by atoms with E-state index >= 15 is 0 Å². The molecule has 1 fully saturated rings. The van der Waals surface area contributed by atoms with Gasteiger partial charge in [0.05, 0.1) is 7.11 Å². The summed E-state index contributed by atoms with van der Waals surface area (Å²) < 4.78 is 5.39. The molecule has 1 aliphatic rings. The second-order valence-corrected chi connectivity index (χ2v) is 5.02. The number of hydrogen-bond donors (Lipinski definition) is 1. The monoisotopic (exact) mass is 263 g/mol. The van der Waals surface area contributed by atoms with Gasteiger partial charge in [-0.05, 0) is 44.0 Å². The fourth-order valence-corrected chi connectivity index (χ4v) is 2.54. The van der Waals surface area contributed by atoms with Gasteiger partial charge < -0.3 is 9.84 Å². The largest absolute Gasteiger partial charge is 0.496 e. The van der Waals surface area contributed by atoms with Crippen molar-refractivity contribution in [1.82, 2.24) is 4.90 Å². The van der Waals surface area contributed by atoms with E-state index in [1.54, 1.807) is 7.11 Å². The Morgan fingerprint density at radius 2 is 2.11 bits per heavy atom. The number of aryl methyl sites for hydroxylation is 1. The molecule has 0 aliphatic carbocycles. The third-order valence-corrected chi connectivity index (χ3v) is 3.56. The van der Waals surface area contributed by atoms with Gasteiger partial charge in [-0.15, -0.1) is 0 Å². The van der Waals surface area contributed by atoms with Crippen LogP contribution in [-0.2, 0) is 17.8 Å². The van der Waals surface area contributed by atoms with E-state index in [-0.39, 0.29) is 6.42 Å². The van der Waals surface area contributed by atoms with Gasteiger partial charge in [-0.3, -0.25) is 9.69 Å². The number of likely N-dealkylation sites (tertiary alicyclic amines) is 1. The van der Waals surface area contributed by atoms with E-state index in [0.717, 1.165) is 36.5 Å². The van der Waals surface area contributed by atoms with Gasteiger partial charge in [-0.2, -0.15) is 0 Å². The number of aliphatic carboxylic acids is 1. The van der Waals surface area contributed by atoms with Crippen LogP contribution < -0.4 is 4.74 Å². The normalized spacial score (nSPS) is 15.6. The van der Waals surface area contributed by atoms with Crippen LogP contribution in [0.2, 0.25) is 0 Å². The fourth-order valence-electron chi connectivity index (χ4n) is 2.54. The van der Waals surface area contributed by atoms with Crippen molar-refractivity contribution in [3.05, 3.63) is 29.3 Å². The molecule has 0 atom stereocenters. The first-order valence-corrected chi connectivity index (χ1v) is 6.79. The molecule has 1 heterocycles. The Labute approximate surface area is 114 Å². The number of benzene rings is 1. The molecule has 0 radical (unpaired) electrons. The molecule has 1 aromatic rings. The van der Waals surface area contributed by atoms with Gasteiger partial charge in [-0.1, -0.05) is 12.1 Å². The Bertz CT molecular complexity index is 439. The highest BCUT2D eigenvalue weighted by atomic mass is 16.5. The third kappa shape index (κ3) is 3.96. The van der Waals surface area contributed by atoms with E-state index in [1.165, 1.54) is 12.8 Å². The molecule has 1 N–H and O–H groups in total. The molecule has 0 unspecified atom stereocenters. The summed E-state index contributed by atoms with van der Waals surface area (Å²) in [4.78, 5) is 13.0. The van der Waals surface area contributed by atoms with Gasteiger partial charge in [0, 0.05) is 18.5 Å². The Hall–Kier alpha value is -1.55. The molecule has 104 valence electrons. The predicted octanol–water partition coefficient (Wildman–Crippen LogP) is 2.31. The Morgan fingerprint density at radius 3 is 2.74 bits per heavy atom. The summed E-state index contributed by atoms with van der Waals surface area (Å²) in [5.74, 6) is 0.142. The van der Waals surface area contributed by atoms with Crippen molar-refractivity contribution in [1.29, 1.82) is 0 Å². The summed E-state index contributed by atoms with van der Waals surface area (Å²) >= 11 is 0. The lowest BCUT2D eigenvalue weighted by Crippen LogP contribution is -2.19. The molecule has 0 bridgehead atoms. The van der Waals surface area contributed by atoms with Crippen LogP contribution >= 0.6 is 0 Å². The predicted molar refractivity (Wildman–Crippen MR) is 73.5 cm³/mol. The minimum absolute atomic E-state index is 0.176. The molecule has 19 heavy (non-hydrogen) atoms. The maximum Gasteiger partial charge on any atom is 0.303 e. The number of hydrogen-bond acceptors (Lipinski definition) is 3. The standard InChI is InChI=1S/C15H21NO3/c1-19-14-6-4-12(5-7-15(17)18)10-13(14)11-16-8-2-3-9-16/h4,6,10H,2-3,5,7-9,11H2,1H3,(H,17,18). The first-order chi connectivity index (χ1) is 9.19. The number of rotatable bonds is 6. The van der Waals surface area contributed by atoms with Crippen LogP contribution in [0.15, 0.2) is 18.2 Å². The second kappa shape index (κ2) is 6.57. The summed E-state index contributed by atoms with van der Waals surface area (Å²) in [6, 6.07) is 5.98. The summed E-state index contributed by atoms with van der Waals surface area (Å²) in [5.41, 5.74) is 2.23. The number of methoxy groups -OCH3 is 1. The lowest BCUT2D eigenvalue weighted by molar-refractivity contribution is -0.136. The Kier molecular flexibility index (Phi) is 4.80. The highest BCUT2D eigenvalue weighted by Crippen LogP contribution is 2.24. The Balaban J connectivity index is 2.08. The first kappa shape index (κ1) is 13.9. The quantitative estimate of drug-likeness (QED) is 0.855. The maximum atomic E-state index is 10.6. The fraction of sp³-hybridized carbons (Fsp3) is 0.533. The second-order valence-electron chi connectivity index (χ2n) is 5.02. The van der Waals surface area contributed by atoms with Crippen LogP contribution in [0.3, 0.4) is 0 Å². The van der Waals surface area contributed by atoms with Crippen molar-refractivity contribution in [2.45, 2.75) is 32.2 Å². The SMILES string of the molecule is COc1ccc(CCC(=O)O)cc1CN1CCCC1. The molecule has 0 amide bonds. The van der Waals surface area contributed by atoms with Crippen LogP contribution in [0, 0.1) is 0 Å². The van der Waals surface area contributed by atoms with Crippen molar-refractivity contribution >= 4 is 5.97 Å². The van der Waals surface area contributed by atoms with Crippen molar-refractivity contribution in [3.63, 3.8) is 0 Å². The molecule has 4 nitrogen and oxygen atoms in total. The average Bonchev–Trinajstić information content (AvgIpc) is 2.89. The lowest BCUT2D eigenvalue weighted by atomic mass is 10.0. The molecule has 0 aromatic heterocycles. The van der Waals surface area contributed by atoms with E-state index in [1.807, 2.05) is 12.1 Å². The van der Waals surface area contributed by atoms with Crippen molar-refractivity contribution in [2.75, 3.05) is 20.2 Å². The van der Waals surface area contributed by atoms with Gasteiger partial charge in [-0.25, -0.2) is 0 Å². The molecule has 0 spiro atoms. The molecule has 1 aliphatic heterocycles. The maximum absolute atomic E-state index is 10.6. The van der Waals surface area contributed by atoms with Crippen LogP contribution in [0.1, 0.15) is 30.4 Å². The summed E-state index contributed by atoms with van der Waals surface area (Å²) in [7, 11) is 1.68. The third-order valence-electron chi connectivity index (χ3n) is 3.56. The zero-order valence-electron chi connectivity index (χ0n) is 11.4. The van der Waals surface area contributed by atoms with Crippen LogP contribution in [-0.4, -0.2) is 36.2 Å².